The van der Waals surface area contributed by atoms with Gasteiger partial charge in [-0.15, -0.1) is 0 Å². The van der Waals surface area contributed by atoms with Gasteiger partial charge in [-0.3, -0.25) is 4.21 Å². The van der Waals surface area contributed by atoms with Crippen LogP contribution in [-0.2, 0) is 17.2 Å². The first-order valence-electron chi connectivity index (χ1n) is 9.94. The average Bonchev–Trinajstić information content (AvgIpc) is 3.34. The highest BCUT2D eigenvalue weighted by atomic mass is 32.2. The van der Waals surface area contributed by atoms with E-state index in [0.29, 0.717) is 46.2 Å². The van der Waals surface area contributed by atoms with Gasteiger partial charge in [-0.25, -0.2) is 9.37 Å². The third kappa shape index (κ3) is 3.67. The Hall–Kier alpha value is -2.88. The van der Waals surface area contributed by atoms with Crippen LogP contribution in [0, 0.1) is 12.7 Å². The highest BCUT2D eigenvalue weighted by Gasteiger charge is 2.30. The van der Waals surface area contributed by atoms with Crippen molar-refractivity contribution in [1.82, 2.24) is 20.1 Å². The molecule has 30 heavy (non-hydrogen) atoms. The predicted octanol–water partition coefficient (Wildman–Crippen LogP) is 3.10. The smallest absolute Gasteiger partial charge is 0.229 e. The number of aryl methyl sites for hydroxylation is 2. The molecule has 1 N–H and O–H groups in total. The maximum Gasteiger partial charge on any atom is 0.229 e. The van der Waals surface area contributed by atoms with Crippen molar-refractivity contribution in [3.05, 3.63) is 47.5 Å². The second-order valence-corrected chi connectivity index (χ2v) is 9.03. The summed E-state index contributed by atoms with van der Waals surface area (Å²) >= 11 is 0. The van der Waals surface area contributed by atoms with E-state index in [2.05, 4.69) is 25.3 Å². The standard InChI is InChI=1S/C20H21FN6O2S/c1-12-22-19(29-26-12)13-5-8-27(9-6-13)20-24-16-7-10-30(28)17(16)18(25-20)23-15-4-2-3-14(21)11-15/h2-4,11,13H,5-10H2,1H3,(H,23,24,25). The van der Waals surface area contributed by atoms with Gasteiger partial charge in [-0.1, -0.05) is 11.2 Å². The second-order valence-electron chi connectivity index (χ2n) is 7.52. The van der Waals surface area contributed by atoms with Crippen LogP contribution in [0.2, 0.25) is 0 Å². The maximum atomic E-state index is 13.6. The van der Waals surface area contributed by atoms with Crippen LogP contribution in [0.3, 0.4) is 0 Å². The lowest BCUT2D eigenvalue weighted by Gasteiger charge is -2.30. The highest BCUT2D eigenvalue weighted by molar-refractivity contribution is 7.85. The van der Waals surface area contributed by atoms with Crippen molar-refractivity contribution in [3.8, 4) is 0 Å². The fourth-order valence-electron chi connectivity index (χ4n) is 3.92. The van der Waals surface area contributed by atoms with Crippen LogP contribution in [0.5, 0.6) is 0 Å². The van der Waals surface area contributed by atoms with E-state index in [1.54, 1.807) is 12.1 Å². The molecular formula is C20H21FN6O2S. The molecule has 2 aliphatic heterocycles. The fraction of sp³-hybridized carbons (Fsp3) is 0.400. The van der Waals surface area contributed by atoms with Gasteiger partial charge >= 0.3 is 0 Å². The van der Waals surface area contributed by atoms with Crippen LogP contribution in [0.25, 0.3) is 0 Å². The maximum absolute atomic E-state index is 13.6. The Morgan fingerprint density at radius 2 is 2.07 bits per heavy atom. The van der Waals surface area contributed by atoms with E-state index in [4.69, 9.17) is 9.51 Å². The molecule has 0 spiro atoms. The Morgan fingerprint density at radius 1 is 1.23 bits per heavy atom. The molecule has 0 bridgehead atoms. The highest BCUT2D eigenvalue weighted by Crippen LogP contribution is 2.34. The lowest BCUT2D eigenvalue weighted by molar-refractivity contribution is 0.327. The Balaban J connectivity index is 1.40. The van der Waals surface area contributed by atoms with Crippen molar-refractivity contribution in [1.29, 1.82) is 0 Å². The molecule has 0 aliphatic carbocycles. The largest absolute Gasteiger partial charge is 0.341 e. The number of anilines is 3. The van der Waals surface area contributed by atoms with Gasteiger partial charge in [0.1, 0.15) is 10.7 Å². The molecule has 3 aromatic rings. The normalized spacial score (nSPS) is 19.1. The molecule has 2 aromatic heterocycles. The summed E-state index contributed by atoms with van der Waals surface area (Å²) < 4.78 is 31.5. The van der Waals surface area contributed by atoms with E-state index in [1.165, 1.54) is 12.1 Å². The third-order valence-corrected chi connectivity index (χ3v) is 6.89. The quantitative estimate of drug-likeness (QED) is 0.677. The predicted molar refractivity (Wildman–Crippen MR) is 110 cm³/mol. The van der Waals surface area contributed by atoms with Gasteiger partial charge in [0, 0.05) is 36.9 Å². The minimum Gasteiger partial charge on any atom is -0.341 e. The van der Waals surface area contributed by atoms with E-state index >= 15 is 0 Å². The number of nitrogens with one attached hydrogen (secondary N) is 1. The molecule has 1 aromatic carbocycles. The molecule has 1 fully saturated rings. The summed E-state index contributed by atoms with van der Waals surface area (Å²) in [7, 11) is -1.16. The Kier molecular flexibility index (Phi) is 4.93. The topological polar surface area (TPSA) is 97.0 Å². The van der Waals surface area contributed by atoms with Crippen molar-refractivity contribution >= 4 is 28.3 Å². The first-order chi connectivity index (χ1) is 14.6. The average molecular weight is 428 g/mol. The van der Waals surface area contributed by atoms with Gasteiger partial charge in [-0.2, -0.15) is 9.97 Å². The Morgan fingerprint density at radius 3 is 2.80 bits per heavy atom. The Bertz CT molecular complexity index is 1110. The van der Waals surface area contributed by atoms with E-state index in [1.807, 2.05) is 6.92 Å². The minimum atomic E-state index is -1.16. The van der Waals surface area contributed by atoms with Gasteiger partial charge in [0.15, 0.2) is 11.6 Å². The van der Waals surface area contributed by atoms with Gasteiger partial charge < -0.3 is 14.7 Å². The molecule has 1 saturated heterocycles. The summed E-state index contributed by atoms with van der Waals surface area (Å²) in [6.07, 6.45) is 2.37. The molecule has 8 nitrogen and oxygen atoms in total. The number of fused-ring (bicyclic) bond motifs is 1. The van der Waals surface area contributed by atoms with Gasteiger partial charge in [0.2, 0.25) is 11.8 Å². The van der Waals surface area contributed by atoms with Crippen LogP contribution in [0.4, 0.5) is 21.8 Å². The number of piperidine rings is 1. The van der Waals surface area contributed by atoms with Crippen molar-refractivity contribution in [2.24, 2.45) is 0 Å². The summed E-state index contributed by atoms with van der Waals surface area (Å²) in [4.78, 5) is 16.5. The molecule has 0 saturated carbocycles. The molecule has 0 amide bonds. The summed E-state index contributed by atoms with van der Waals surface area (Å²) in [6.45, 7) is 3.33. The van der Waals surface area contributed by atoms with Gasteiger partial charge in [0.25, 0.3) is 0 Å². The molecule has 2 aliphatic rings. The second kappa shape index (κ2) is 7.75. The molecule has 5 rings (SSSR count). The van der Waals surface area contributed by atoms with E-state index in [0.717, 1.165) is 31.6 Å². The fourth-order valence-corrected chi connectivity index (χ4v) is 5.22. The summed E-state index contributed by atoms with van der Waals surface area (Å²) in [5.41, 5.74) is 1.36. The van der Waals surface area contributed by atoms with Crippen molar-refractivity contribution < 1.29 is 13.1 Å². The first-order valence-corrected chi connectivity index (χ1v) is 11.3. The molecule has 0 radical (unpaired) electrons. The van der Waals surface area contributed by atoms with Crippen molar-refractivity contribution in [2.75, 3.05) is 29.1 Å². The van der Waals surface area contributed by atoms with Crippen molar-refractivity contribution in [2.45, 2.75) is 37.0 Å². The number of rotatable bonds is 4. The van der Waals surface area contributed by atoms with Crippen LogP contribution in [-0.4, -0.2) is 43.2 Å². The van der Waals surface area contributed by atoms with E-state index in [-0.39, 0.29) is 11.7 Å². The molecule has 1 unspecified atom stereocenters. The molecule has 4 heterocycles. The first kappa shape index (κ1) is 19.1. The minimum absolute atomic E-state index is 0.231. The zero-order valence-electron chi connectivity index (χ0n) is 16.5. The van der Waals surface area contributed by atoms with Crippen LogP contribution >= 0.6 is 0 Å². The lowest BCUT2D eigenvalue weighted by Crippen LogP contribution is -2.34. The Labute approximate surface area is 175 Å². The molecule has 1 atom stereocenters. The van der Waals surface area contributed by atoms with E-state index < -0.39 is 10.8 Å². The van der Waals surface area contributed by atoms with Gasteiger partial charge in [0.05, 0.1) is 16.5 Å². The summed E-state index contributed by atoms with van der Waals surface area (Å²) in [6, 6.07) is 6.16. The molecular weight excluding hydrogens is 407 g/mol. The van der Waals surface area contributed by atoms with Crippen molar-refractivity contribution in [3.63, 3.8) is 0 Å². The van der Waals surface area contributed by atoms with Crippen LogP contribution in [0.15, 0.2) is 33.7 Å². The number of benzene rings is 1. The third-order valence-electron chi connectivity index (χ3n) is 5.43. The molecule has 156 valence electrons. The number of halogens is 1. The molecule has 10 heteroatoms. The SMILES string of the molecule is Cc1noc(C2CCN(c3nc4c(c(Nc5cccc(F)c5)n3)S(=O)CC4)CC2)n1. The zero-order chi connectivity index (χ0) is 20.7. The number of aromatic nitrogens is 4. The number of nitrogens with zero attached hydrogens (tertiary/aromatic N) is 5. The lowest BCUT2D eigenvalue weighted by atomic mass is 9.97. The summed E-state index contributed by atoms with van der Waals surface area (Å²) in [5, 5.41) is 7.03. The monoisotopic (exact) mass is 428 g/mol. The number of hydrogen-bond acceptors (Lipinski definition) is 8. The van der Waals surface area contributed by atoms with Crippen LogP contribution < -0.4 is 10.2 Å². The number of hydrogen-bond donors (Lipinski definition) is 1. The summed E-state index contributed by atoms with van der Waals surface area (Å²) in [5.74, 6) is 2.85. The zero-order valence-corrected chi connectivity index (χ0v) is 17.3. The van der Waals surface area contributed by atoms with Gasteiger partial charge in [-0.05, 0) is 38.0 Å². The van der Waals surface area contributed by atoms with E-state index in [9.17, 15) is 8.60 Å². The van der Waals surface area contributed by atoms with Crippen LogP contribution in [0.1, 0.15) is 36.2 Å².